The number of hydrogen-bond donors (Lipinski definition) is 3. The lowest BCUT2D eigenvalue weighted by Crippen LogP contribution is -2.53. The summed E-state index contributed by atoms with van der Waals surface area (Å²) in [5.41, 5.74) is 10.2. The number of amides is 1. The van der Waals surface area contributed by atoms with Crippen LogP contribution >= 0.6 is 27.5 Å². The zero-order valence-electron chi connectivity index (χ0n) is 26.1. The van der Waals surface area contributed by atoms with E-state index in [-0.39, 0.29) is 18.9 Å². The Bertz CT molecular complexity index is 1850. The smallest absolute Gasteiger partial charge is 0.266 e. The Balaban J connectivity index is 1.37. The van der Waals surface area contributed by atoms with Crippen molar-refractivity contribution in [3.8, 4) is 16.9 Å². The lowest BCUT2D eigenvalue weighted by Gasteiger charge is -2.31. The molecule has 5 aromatic rings. The molecule has 1 heterocycles. The van der Waals surface area contributed by atoms with E-state index in [2.05, 4.69) is 38.9 Å². The molecule has 0 radical (unpaired) electrons. The first kappa shape index (κ1) is 33.4. The number of carbonyl (C=O) groups is 1. The topological polar surface area (TPSA) is 92.2 Å². The molecule has 0 unspecified atom stereocenters. The van der Waals surface area contributed by atoms with E-state index in [1.54, 1.807) is 0 Å². The molecule has 48 heavy (non-hydrogen) atoms. The molecule has 1 aliphatic heterocycles. The van der Waals surface area contributed by atoms with Crippen LogP contribution < -0.4 is 15.6 Å². The van der Waals surface area contributed by atoms with Crippen LogP contribution in [-0.4, -0.2) is 35.7 Å². The van der Waals surface area contributed by atoms with E-state index >= 15 is 0 Å². The summed E-state index contributed by atoms with van der Waals surface area (Å²) in [6, 6.07) is 41.0. The molecule has 244 valence electrons. The molecule has 6 rings (SSSR count). The van der Waals surface area contributed by atoms with Crippen LogP contribution in [0.1, 0.15) is 34.8 Å². The van der Waals surface area contributed by atoms with Crippen molar-refractivity contribution in [1.82, 2.24) is 10.9 Å². The molecule has 0 fully saturated rings. The number of aliphatic hydroxyl groups is 1. The Morgan fingerprint density at radius 2 is 1.56 bits per heavy atom. The number of nitrogens with one attached hydrogen (secondary N) is 2. The maximum Gasteiger partial charge on any atom is 0.266 e. The van der Waals surface area contributed by atoms with Gasteiger partial charge in [0.05, 0.1) is 6.61 Å². The molecule has 0 bridgehead atoms. The fourth-order valence-corrected chi connectivity index (χ4v) is 6.14. The quantitative estimate of drug-likeness (QED) is 0.0850. The maximum absolute atomic E-state index is 14.5. The molecule has 7 nitrogen and oxygen atoms in total. The number of hydrazine groups is 1. The van der Waals surface area contributed by atoms with Crippen LogP contribution in [0.4, 0.5) is 0 Å². The van der Waals surface area contributed by atoms with Crippen molar-refractivity contribution in [2.45, 2.75) is 31.0 Å². The van der Waals surface area contributed by atoms with Crippen molar-refractivity contribution >= 4 is 39.3 Å². The van der Waals surface area contributed by atoms with E-state index in [1.807, 2.05) is 115 Å². The van der Waals surface area contributed by atoms with Gasteiger partial charge < -0.3 is 14.6 Å². The van der Waals surface area contributed by atoms with Crippen molar-refractivity contribution in [2.24, 2.45) is 4.99 Å². The molecule has 1 amide bonds. The van der Waals surface area contributed by atoms with E-state index in [9.17, 15) is 4.79 Å². The molecule has 2 atom stereocenters. The second-order valence-corrected chi connectivity index (χ2v) is 12.9. The van der Waals surface area contributed by atoms with E-state index in [4.69, 9.17) is 31.2 Å². The maximum atomic E-state index is 14.5. The van der Waals surface area contributed by atoms with Crippen molar-refractivity contribution in [2.75, 3.05) is 13.2 Å². The van der Waals surface area contributed by atoms with Crippen molar-refractivity contribution in [1.29, 1.82) is 0 Å². The summed E-state index contributed by atoms with van der Waals surface area (Å²) in [5.74, 6) is 0.697. The first-order valence-corrected chi connectivity index (χ1v) is 16.9. The van der Waals surface area contributed by atoms with Crippen LogP contribution in [0.2, 0.25) is 5.02 Å². The van der Waals surface area contributed by atoms with E-state index in [0.717, 1.165) is 32.3 Å². The highest BCUT2D eigenvalue weighted by molar-refractivity contribution is 9.10. The lowest BCUT2D eigenvalue weighted by molar-refractivity contribution is -0.130. The van der Waals surface area contributed by atoms with E-state index in [1.165, 1.54) is 0 Å². The number of rotatable bonds is 13. The monoisotopic (exact) mass is 723 g/mol. The molecule has 5 aromatic carbocycles. The summed E-state index contributed by atoms with van der Waals surface area (Å²) in [7, 11) is 0. The highest BCUT2D eigenvalue weighted by Gasteiger charge is 2.53. The minimum absolute atomic E-state index is 0.0624. The zero-order valence-corrected chi connectivity index (χ0v) is 28.5. The second kappa shape index (κ2) is 15.6. The fraction of sp³-hybridized carbons (Fsp3) is 0.179. The van der Waals surface area contributed by atoms with Gasteiger partial charge in [0.1, 0.15) is 5.75 Å². The minimum atomic E-state index is -1.37. The molecule has 0 spiro atoms. The fourth-order valence-electron chi connectivity index (χ4n) is 5.66. The molecule has 0 saturated carbocycles. The predicted octanol–water partition coefficient (Wildman–Crippen LogP) is 7.85. The molecule has 1 aliphatic rings. The van der Waals surface area contributed by atoms with Crippen LogP contribution in [0.5, 0.6) is 5.75 Å². The second-order valence-electron chi connectivity index (χ2n) is 11.5. The highest BCUT2D eigenvalue weighted by atomic mass is 79.9. The molecular formula is C39H35BrClN3O4. The predicted molar refractivity (Wildman–Crippen MR) is 193 cm³/mol. The number of benzene rings is 5. The Kier molecular flexibility index (Phi) is 10.9. The van der Waals surface area contributed by atoms with Gasteiger partial charge >= 0.3 is 0 Å². The van der Waals surface area contributed by atoms with Gasteiger partial charge in [-0.1, -0.05) is 106 Å². The van der Waals surface area contributed by atoms with Crippen LogP contribution in [0, 0.1) is 0 Å². The summed E-state index contributed by atoms with van der Waals surface area (Å²) >= 11 is 9.72. The third kappa shape index (κ3) is 7.97. The summed E-state index contributed by atoms with van der Waals surface area (Å²) < 4.78 is 13.4. The normalized spacial score (nSPS) is 17.0. The number of carbonyl (C=O) groups excluding carboxylic acids is 1. The highest BCUT2D eigenvalue weighted by Crippen LogP contribution is 2.43. The van der Waals surface area contributed by atoms with Gasteiger partial charge in [0.15, 0.2) is 11.6 Å². The summed E-state index contributed by atoms with van der Waals surface area (Å²) in [4.78, 5) is 19.6. The lowest BCUT2D eigenvalue weighted by atomic mass is 9.82. The number of hydrogen-bond acceptors (Lipinski definition) is 6. The van der Waals surface area contributed by atoms with Gasteiger partial charge in [0.2, 0.25) is 5.90 Å². The third-order valence-corrected chi connectivity index (χ3v) is 8.88. The number of aliphatic imine (C=N–C) groups is 1. The van der Waals surface area contributed by atoms with Gasteiger partial charge in [-0.25, -0.2) is 10.4 Å². The average molecular weight is 725 g/mol. The van der Waals surface area contributed by atoms with Gasteiger partial charge in [0.25, 0.3) is 5.91 Å². The van der Waals surface area contributed by atoms with Crippen molar-refractivity contribution in [3.63, 3.8) is 0 Å². The molecule has 0 saturated heterocycles. The third-order valence-electron chi connectivity index (χ3n) is 8.12. The van der Waals surface area contributed by atoms with Gasteiger partial charge in [-0.2, -0.15) is 0 Å². The molecule has 0 aliphatic carbocycles. The number of halogens is 2. The molecule has 3 N–H and O–H groups in total. The standard InChI is InChI=1S/C39H35BrClN3O4/c40-33-18-10-27(11-19-33)25-39(38(46)44-42-26-28-6-4-9-34(41)24-28)36(31-14-12-30(13-15-31)29-7-2-1-3-8-29)48-37(43-39)32-16-20-35(21-17-32)47-23-5-22-45/h1-4,6-21,24,36,42,45H,5,22-23,25-26H2,(H,44,46)/t36-,39-/m0/s1. The van der Waals surface area contributed by atoms with Crippen molar-refractivity contribution in [3.05, 3.63) is 159 Å². The van der Waals surface area contributed by atoms with E-state index < -0.39 is 11.6 Å². The summed E-state index contributed by atoms with van der Waals surface area (Å²) in [6.45, 7) is 0.839. The molecular weight excluding hydrogens is 690 g/mol. The first-order chi connectivity index (χ1) is 23.4. The van der Waals surface area contributed by atoms with Gasteiger partial charge in [-0.05, 0) is 76.3 Å². The summed E-state index contributed by atoms with van der Waals surface area (Å²) in [6.07, 6.45) is 0.0814. The molecule has 9 heteroatoms. The van der Waals surface area contributed by atoms with Gasteiger partial charge in [0, 0.05) is 41.1 Å². The Morgan fingerprint density at radius 1 is 0.854 bits per heavy atom. The number of ether oxygens (including phenoxy) is 2. The largest absolute Gasteiger partial charge is 0.494 e. The van der Waals surface area contributed by atoms with Crippen molar-refractivity contribution < 1.29 is 19.4 Å². The Labute approximate surface area is 293 Å². The van der Waals surface area contributed by atoms with Crippen LogP contribution in [-0.2, 0) is 22.5 Å². The Hall–Kier alpha value is -4.47. The minimum Gasteiger partial charge on any atom is -0.494 e. The SMILES string of the molecule is O=C(NNCc1cccc(Cl)c1)[C@@]1(Cc2ccc(Br)cc2)N=C(c2ccc(OCCCO)cc2)O[C@H]1c1ccc(-c2ccccc2)cc1. The first-order valence-electron chi connectivity index (χ1n) is 15.7. The van der Waals surface area contributed by atoms with Gasteiger partial charge in [-0.15, -0.1) is 0 Å². The van der Waals surface area contributed by atoms with Gasteiger partial charge in [-0.3, -0.25) is 10.2 Å². The number of nitrogens with zero attached hydrogens (tertiary/aromatic N) is 1. The number of aliphatic hydroxyl groups excluding tert-OH is 1. The Morgan fingerprint density at radius 3 is 2.27 bits per heavy atom. The average Bonchev–Trinajstić information content (AvgIpc) is 3.50. The van der Waals surface area contributed by atoms with Crippen LogP contribution in [0.25, 0.3) is 11.1 Å². The van der Waals surface area contributed by atoms with Crippen LogP contribution in [0.3, 0.4) is 0 Å². The zero-order chi connectivity index (χ0) is 33.3. The summed E-state index contributed by atoms with van der Waals surface area (Å²) in [5, 5.41) is 9.72. The molecule has 0 aromatic heterocycles. The van der Waals surface area contributed by atoms with Crippen LogP contribution in [0.15, 0.2) is 137 Å². The van der Waals surface area contributed by atoms with E-state index in [0.29, 0.717) is 41.8 Å².